The Labute approximate surface area is 105 Å². The van der Waals surface area contributed by atoms with Gasteiger partial charge in [0, 0.05) is 19.2 Å². The van der Waals surface area contributed by atoms with Gasteiger partial charge in [0.2, 0.25) is 10.0 Å². The Bertz CT molecular complexity index is 471. The molecule has 0 spiro atoms. The summed E-state index contributed by atoms with van der Waals surface area (Å²) in [7, 11) is -3.43. The zero-order chi connectivity index (χ0) is 13.6. The summed E-state index contributed by atoms with van der Waals surface area (Å²) < 4.78 is 50.7. The van der Waals surface area contributed by atoms with Crippen molar-refractivity contribution >= 4 is 10.0 Å². The zero-order valence-corrected chi connectivity index (χ0v) is 10.5. The van der Waals surface area contributed by atoms with Gasteiger partial charge in [-0.3, -0.25) is 0 Å². The lowest BCUT2D eigenvalue weighted by molar-refractivity contribution is 0.295. The Morgan fingerprint density at radius 1 is 1.17 bits per heavy atom. The molecule has 7 heteroatoms. The maximum Gasteiger partial charge on any atom is 0.211 e. The molecule has 2 N–H and O–H groups in total. The first-order chi connectivity index (χ1) is 8.43. The second-order valence-corrected chi connectivity index (χ2v) is 5.74. The third-order valence-corrected chi connectivity index (χ3v) is 3.70. The minimum Gasteiger partial charge on any atom is -0.396 e. The molecule has 1 aromatic rings. The smallest absolute Gasteiger partial charge is 0.211 e. The van der Waals surface area contributed by atoms with Crippen molar-refractivity contribution in [3.63, 3.8) is 0 Å². The summed E-state index contributed by atoms with van der Waals surface area (Å²) in [5.41, 5.74) is 0.386. The van der Waals surface area contributed by atoms with Crippen molar-refractivity contribution in [3.8, 4) is 0 Å². The van der Waals surface area contributed by atoms with Crippen LogP contribution < -0.4 is 4.72 Å². The SMILES string of the molecule is O=S(=O)(CCCO)NCCc1cc(F)cc(F)c1. The number of hydrogen-bond donors (Lipinski definition) is 2. The lowest BCUT2D eigenvalue weighted by Crippen LogP contribution is -2.28. The molecule has 0 atom stereocenters. The van der Waals surface area contributed by atoms with E-state index in [9.17, 15) is 17.2 Å². The van der Waals surface area contributed by atoms with Crippen molar-refractivity contribution in [3.05, 3.63) is 35.4 Å². The highest BCUT2D eigenvalue weighted by Gasteiger charge is 2.09. The number of aliphatic hydroxyl groups excluding tert-OH is 1. The Balaban J connectivity index is 2.46. The summed E-state index contributed by atoms with van der Waals surface area (Å²) >= 11 is 0. The van der Waals surface area contributed by atoms with E-state index < -0.39 is 21.7 Å². The van der Waals surface area contributed by atoms with Gasteiger partial charge in [0.05, 0.1) is 5.75 Å². The van der Waals surface area contributed by atoms with Gasteiger partial charge in [0.25, 0.3) is 0 Å². The van der Waals surface area contributed by atoms with Crippen LogP contribution in [0.15, 0.2) is 18.2 Å². The van der Waals surface area contributed by atoms with Crippen LogP contribution in [0.4, 0.5) is 8.78 Å². The van der Waals surface area contributed by atoms with Crippen LogP contribution in [0.3, 0.4) is 0 Å². The minimum absolute atomic E-state index is 0.0661. The fourth-order valence-corrected chi connectivity index (χ4v) is 2.50. The van der Waals surface area contributed by atoms with Gasteiger partial charge in [-0.25, -0.2) is 21.9 Å². The quantitative estimate of drug-likeness (QED) is 0.776. The second kappa shape index (κ2) is 6.77. The summed E-state index contributed by atoms with van der Waals surface area (Å²) in [5, 5.41) is 8.52. The maximum absolute atomic E-state index is 12.8. The van der Waals surface area contributed by atoms with E-state index in [1.807, 2.05) is 0 Å². The molecule has 1 aromatic carbocycles. The monoisotopic (exact) mass is 279 g/mol. The van der Waals surface area contributed by atoms with E-state index in [4.69, 9.17) is 5.11 Å². The van der Waals surface area contributed by atoms with E-state index in [1.165, 1.54) is 0 Å². The number of benzene rings is 1. The molecule has 0 aliphatic heterocycles. The number of aliphatic hydroxyl groups is 1. The van der Waals surface area contributed by atoms with Crippen molar-refractivity contribution in [2.75, 3.05) is 18.9 Å². The molecule has 0 unspecified atom stereocenters. The van der Waals surface area contributed by atoms with Crippen molar-refractivity contribution in [2.45, 2.75) is 12.8 Å². The molecule has 0 aliphatic rings. The van der Waals surface area contributed by atoms with Crippen LogP contribution >= 0.6 is 0 Å². The van der Waals surface area contributed by atoms with Gasteiger partial charge >= 0.3 is 0 Å². The fraction of sp³-hybridized carbons (Fsp3) is 0.455. The first kappa shape index (κ1) is 15.0. The molecule has 0 aliphatic carbocycles. The number of rotatable bonds is 7. The molecule has 1 rings (SSSR count). The van der Waals surface area contributed by atoms with E-state index in [2.05, 4.69) is 4.72 Å². The Morgan fingerprint density at radius 3 is 2.33 bits per heavy atom. The topological polar surface area (TPSA) is 66.4 Å². The van der Waals surface area contributed by atoms with E-state index in [0.717, 1.165) is 18.2 Å². The van der Waals surface area contributed by atoms with Gasteiger partial charge in [-0.05, 0) is 30.5 Å². The number of halogens is 2. The molecule has 0 saturated heterocycles. The van der Waals surface area contributed by atoms with Crippen LogP contribution in [-0.4, -0.2) is 32.4 Å². The molecular weight excluding hydrogens is 264 g/mol. The summed E-state index contributed by atoms with van der Waals surface area (Å²) in [6, 6.07) is 3.07. The van der Waals surface area contributed by atoms with Crippen LogP contribution in [0.1, 0.15) is 12.0 Å². The molecule has 102 valence electrons. The Kier molecular flexibility index (Phi) is 5.64. The van der Waals surface area contributed by atoms with Crippen LogP contribution in [0.2, 0.25) is 0 Å². The zero-order valence-electron chi connectivity index (χ0n) is 9.70. The van der Waals surface area contributed by atoms with E-state index in [0.29, 0.717) is 5.56 Å². The molecule has 0 amide bonds. The molecule has 0 radical (unpaired) electrons. The van der Waals surface area contributed by atoms with Gasteiger partial charge in [0.1, 0.15) is 11.6 Å². The van der Waals surface area contributed by atoms with Crippen molar-refractivity contribution in [2.24, 2.45) is 0 Å². The predicted molar refractivity (Wildman–Crippen MR) is 63.6 cm³/mol. The van der Waals surface area contributed by atoms with E-state index in [1.54, 1.807) is 0 Å². The van der Waals surface area contributed by atoms with Gasteiger partial charge in [0.15, 0.2) is 0 Å². The normalized spacial score (nSPS) is 11.7. The number of hydrogen-bond acceptors (Lipinski definition) is 3. The number of sulfonamides is 1. The summed E-state index contributed by atoms with van der Waals surface area (Å²) in [6.07, 6.45) is 0.358. The highest BCUT2D eigenvalue weighted by atomic mass is 32.2. The average molecular weight is 279 g/mol. The third kappa shape index (κ3) is 5.52. The number of nitrogens with one attached hydrogen (secondary N) is 1. The van der Waals surface area contributed by atoms with Crippen molar-refractivity contribution < 1.29 is 22.3 Å². The van der Waals surface area contributed by atoms with Gasteiger partial charge in [-0.2, -0.15) is 0 Å². The van der Waals surface area contributed by atoms with E-state index in [-0.39, 0.29) is 31.7 Å². The maximum atomic E-state index is 12.8. The molecule has 4 nitrogen and oxygen atoms in total. The summed E-state index contributed by atoms with van der Waals surface area (Å²) in [5.74, 6) is -1.54. The van der Waals surface area contributed by atoms with Crippen LogP contribution in [0.25, 0.3) is 0 Å². The highest BCUT2D eigenvalue weighted by Crippen LogP contribution is 2.08. The molecule has 0 fully saturated rings. The van der Waals surface area contributed by atoms with E-state index >= 15 is 0 Å². The Morgan fingerprint density at radius 2 is 1.78 bits per heavy atom. The molecular formula is C11H15F2NO3S. The van der Waals surface area contributed by atoms with Gasteiger partial charge in [-0.1, -0.05) is 0 Å². The molecule has 0 heterocycles. The standard InChI is InChI=1S/C11H15F2NO3S/c12-10-6-9(7-11(13)8-10)2-3-14-18(16,17)5-1-4-15/h6-8,14-15H,1-5H2. The van der Waals surface area contributed by atoms with Crippen molar-refractivity contribution in [1.82, 2.24) is 4.72 Å². The molecule has 0 bridgehead atoms. The van der Waals surface area contributed by atoms with Crippen LogP contribution in [0.5, 0.6) is 0 Å². The minimum atomic E-state index is -3.43. The first-order valence-corrected chi connectivity index (χ1v) is 7.11. The average Bonchev–Trinajstić information content (AvgIpc) is 2.25. The Hall–Kier alpha value is -1.05. The third-order valence-electron chi connectivity index (χ3n) is 2.23. The van der Waals surface area contributed by atoms with Gasteiger partial charge in [-0.15, -0.1) is 0 Å². The van der Waals surface area contributed by atoms with Crippen LogP contribution in [0, 0.1) is 11.6 Å². The second-order valence-electron chi connectivity index (χ2n) is 3.82. The molecule has 0 aromatic heterocycles. The first-order valence-electron chi connectivity index (χ1n) is 5.46. The lowest BCUT2D eigenvalue weighted by Gasteiger charge is -2.06. The molecule has 18 heavy (non-hydrogen) atoms. The van der Waals surface area contributed by atoms with Crippen molar-refractivity contribution in [1.29, 1.82) is 0 Å². The van der Waals surface area contributed by atoms with Crippen LogP contribution in [-0.2, 0) is 16.4 Å². The molecule has 0 saturated carbocycles. The fourth-order valence-electron chi connectivity index (χ4n) is 1.43. The largest absolute Gasteiger partial charge is 0.396 e. The summed E-state index contributed by atoms with van der Waals surface area (Å²) in [4.78, 5) is 0. The van der Waals surface area contributed by atoms with Gasteiger partial charge < -0.3 is 5.11 Å². The summed E-state index contributed by atoms with van der Waals surface area (Å²) in [6.45, 7) is -0.132. The highest BCUT2D eigenvalue weighted by molar-refractivity contribution is 7.89. The lowest BCUT2D eigenvalue weighted by atomic mass is 10.1. The predicted octanol–water partition coefficient (Wildman–Crippen LogP) is 0.809.